The molecular weight excluding hydrogens is 298 g/mol. The standard InChI is InChI=1S/C15H11N5OS/c21-15-20(11-6-1-2-7-12(11)22-15)9-13-17-14(19-18-13)10-5-3-4-8-16-10/h1-8H,9H2,(H,17,18,19). The quantitative estimate of drug-likeness (QED) is 0.630. The first kappa shape index (κ1) is 12.9. The maximum atomic E-state index is 12.1. The van der Waals surface area contributed by atoms with Crippen molar-refractivity contribution in [2.45, 2.75) is 6.54 Å². The molecule has 22 heavy (non-hydrogen) atoms. The molecule has 108 valence electrons. The zero-order valence-electron chi connectivity index (χ0n) is 11.4. The third kappa shape index (κ3) is 2.21. The number of fused-ring (bicyclic) bond motifs is 1. The van der Waals surface area contributed by atoms with Crippen LogP contribution in [0.15, 0.2) is 53.5 Å². The number of para-hydroxylation sites is 1. The van der Waals surface area contributed by atoms with Crippen LogP contribution in [0.5, 0.6) is 0 Å². The van der Waals surface area contributed by atoms with E-state index in [1.54, 1.807) is 10.8 Å². The van der Waals surface area contributed by atoms with Crippen LogP contribution in [0, 0.1) is 0 Å². The molecule has 1 N–H and O–H groups in total. The second kappa shape index (κ2) is 5.19. The van der Waals surface area contributed by atoms with Crippen molar-refractivity contribution >= 4 is 21.6 Å². The summed E-state index contributed by atoms with van der Waals surface area (Å²) in [6.45, 7) is 0.364. The van der Waals surface area contributed by atoms with Crippen LogP contribution in [0.25, 0.3) is 21.7 Å². The molecule has 4 rings (SSSR count). The summed E-state index contributed by atoms with van der Waals surface area (Å²) in [5.74, 6) is 1.23. The van der Waals surface area contributed by atoms with Crippen LogP contribution in [0.4, 0.5) is 0 Å². The first-order valence-electron chi connectivity index (χ1n) is 6.72. The van der Waals surface area contributed by atoms with Crippen LogP contribution < -0.4 is 4.87 Å². The lowest BCUT2D eigenvalue weighted by Crippen LogP contribution is -2.14. The number of nitrogens with zero attached hydrogens (tertiary/aromatic N) is 4. The van der Waals surface area contributed by atoms with Crippen molar-refractivity contribution in [2.75, 3.05) is 0 Å². The second-order valence-electron chi connectivity index (χ2n) is 4.76. The van der Waals surface area contributed by atoms with Gasteiger partial charge in [0.05, 0.1) is 16.8 Å². The van der Waals surface area contributed by atoms with Gasteiger partial charge in [0.25, 0.3) is 0 Å². The van der Waals surface area contributed by atoms with E-state index in [1.165, 1.54) is 11.3 Å². The zero-order valence-corrected chi connectivity index (χ0v) is 12.2. The molecule has 1 aromatic carbocycles. The Morgan fingerprint density at radius 3 is 2.82 bits per heavy atom. The van der Waals surface area contributed by atoms with E-state index in [0.717, 1.165) is 15.9 Å². The Hall–Kier alpha value is -2.80. The molecule has 0 saturated carbocycles. The number of benzene rings is 1. The van der Waals surface area contributed by atoms with Gasteiger partial charge in [0, 0.05) is 6.20 Å². The van der Waals surface area contributed by atoms with Crippen molar-refractivity contribution in [3.8, 4) is 11.5 Å². The molecule has 0 aliphatic heterocycles. The van der Waals surface area contributed by atoms with Crippen molar-refractivity contribution in [1.29, 1.82) is 0 Å². The molecule has 0 bridgehead atoms. The normalized spacial score (nSPS) is 11.1. The van der Waals surface area contributed by atoms with Gasteiger partial charge in [-0.25, -0.2) is 0 Å². The lowest BCUT2D eigenvalue weighted by Gasteiger charge is -1.99. The fraction of sp³-hybridized carbons (Fsp3) is 0.0667. The van der Waals surface area contributed by atoms with E-state index in [2.05, 4.69) is 20.2 Å². The van der Waals surface area contributed by atoms with Crippen molar-refractivity contribution < 1.29 is 0 Å². The summed E-state index contributed by atoms with van der Waals surface area (Å²) >= 11 is 1.23. The average Bonchev–Trinajstić information content (AvgIpc) is 3.14. The molecular formula is C15H11N5OS. The van der Waals surface area contributed by atoms with Crippen LogP contribution in [0.3, 0.4) is 0 Å². The van der Waals surface area contributed by atoms with E-state index in [9.17, 15) is 4.79 Å². The van der Waals surface area contributed by atoms with Crippen LogP contribution in [0.2, 0.25) is 0 Å². The van der Waals surface area contributed by atoms with Gasteiger partial charge in [0.1, 0.15) is 5.69 Å². The SMILES string of the molecule is O=c1sc2ccccc2n1Cc1nnc(-c2ccccn2)[nH]1. The molecule has 0 amide bonds. The molecule has 3 heterocycles. The Kier molecular flexibility index (Phi) is 3.05. The number of aromatic amines is 1. The number of H-pyrrole nitrogens is 1. The molecule has 0 atom stereocenters. The molecule has 0 aliphatic carbocycles. The predicted molar refractivity (Wildman–Crippen MR) is 84.8 cm³/mol. The maximum absolute atomic E-state index is 12.1. The number of thiazole rings is 1. The Balaban J connectivity index is 1.71. The number of pyridine rings is 1. The first-order valence-corrected chi connectivity index (χ1v) is 7.54. The van der Waals surface area contributed by atoms with Gasteiger partial charge in [-0.3, -0.25) is 14.3 Å². The van der Waals surface area contributed by atoms with Crippen molar-refractivity contribution in [3.05, 3.63) is 64.2 Å². The summed E-state index contributed by atoms with van der Waals surface area (Å²) in [6, 6.07) is 13.3. The summed E-state index contributed by atoms with van der Waals surface area (Å²) in [5.41, 5.74) is 1.64. The van der Waals surface area contributed by atoms with Gasteiger partial charge in [-0.1, -0.05) is 29.5 Å². The van der Waals surface area contributed by atoms with E-state index < -0.39 is 0 Å². The number of hydrogen-bond acceptors (Lipinski definition) is 5. The highest BCUT2D eigenvalue weighted by molar-refractivity contribution is 7.16. The Labute approximate surface area is 129 Å². The molecule has 6 nitrogen and oxygen atoms in total. The maximum Gasteiger partial charge on any atom is 0.308 e. The largest absolute Gasteiger partial charge is 0.322 e. The molecule has 0 saturated heterocycles. The molecule has 0 fully saturated rings. The zero-order chi connectivity index (χ0) is 14.9. The minimum absolute atomic E-state index is 0.00279. The molecule has 4 aromatic rings. The van der Waals surface area contributed by atoms with E-state index in [1.807, 2.05) is 42.5 Å². The van der Waals surface area contributed by atoms with E-state index in [4.69, 9.17) is 0 Å². The second-order valence-corrected chi connectivity index (χ2v) is 5.75. The lowest BCUT2D eigenvalue weighted by molar-refractivity contribution is 0.761. The van der Waals surface area contributed by atoms with Crippen molar-refractivity contribution in [2.24, 2.45) is 0 Å². The van der Waals surface area contributed by atoms with Gasteiger partial charge < -0.3 is 4.98 Å². The smallest absolute Gasteiger partial charge is 0.308 e. The topological polar surface area (TPSA) is 76.5 Å². The average molecular weight is 309 g/mol. The van der Waals surface area contributed by atoms with Gasteiger partial charge in [-0.05, 0) is 24.3 Å². The molecule has 7 heteroatoms. The minimum atomic E-state index is -0.00279. The third-order valence-corrected chi connectivity index (χ3v) is 4.28. The molecule has 0 radical (unpaired) electrons. The molecule has 3 aromatic heterocycles. The van der Waals surface area contributed by atoms with Crippen molar-refractivity contribution in [1.82, 2.24) is 24.7 Å². The summed E-state index contributed by atoms with van der Waals surface area (Å²) in [5, 5.41) is 8.21. The van der Waals surface area contributed by atoms with Crippen LogP contribution in [0.1, 0.15) is 5.82 Å². The summed E-state index contributed by atoms with van der Waals surface area (Å²) in [7, 11) is 0. The number of rotatable bonds is 3. The highest BCUT2D eigenvalue weighted by Gasteiger charge is 2.11. The number of hydrogen-bond donors (Lipinski definition) is 1. The van der Waals surface area contributed by atoms with E-state index >= 15 is 0 Å². The summed E-state index contributed by atoms with van der Waals surface area (Å²) in [4.78, 5) is 19.5. The highest BCUT2D eigenvalue weighted by Crippen LogP contribution is 2.17. The van der Waals surface area contributed by atoms with Gasteiger partial charge in [0.15, 0.2) is 11.6 Å². The molecule has 0 spiro atoms. The monoisotopic (exact) mass is 309 g/mol. The van der Waals surface area contributed by atoms with Crippen molar-refractivity contribution in [3.63, 3.8) is 0 Å². The van der Waals surface area contributed by atoms with Gasteiger partial charge >= 0.3 is 4.87 Å². The number of aromatic nitrogens is 5. The van der Waals surface area contributed by atoms with Gasteiger partial charge in [-0.15, -0.1) is 10.2 Å². The Bertz CT molecular complexity index is 986. The first-order chi connectivity index (χ1) is 10.8. The van der Waals surface area contributed by atoms with E-state index in [0.29, 0.717) is 18.2 Å². The number of nitrogens with one attached hydrogen (secondary N) is 1. The summed E-state index contributed by atoms with van der Waals surface area (Å²) in [6.07, 6.45) is 1.70. The summed E-state index contributed by atoms with van der Waals surface area (Å²) < 4.78 is 2.67. The highest BCUT2D eigenvalue weighted by atomic mass is 32.1. The lowest BCUT2D eigenvalue weighted by atomic mass is 10.3. The van der Waals surface area contributed by atoms with Crippen LogP contribution in [-0.2, 0) is 6.54 Å². The fourth-order valence-electron chi connectivity index (χ4n) is 2.30. The molecule has 0 aliphatic rings. The third-order valence-electron chi connectivity index (χ3n) is 3.32. The molecule has 0 unspecified atom stereocenters. The van der Waals surface area contributed by atoms with Gasteiger partial charge in [0.2, 0.25) is 0 Å². The minimum Gasteiger partial charge on any atom is -0.322 e. The predicted octanol–water partition coefficient (Wildman–Crippen LogP) is 2.29. The Morgan fingerprint density at radius 1 is 1.09 bits per heavy atom. The fourth-order valence-corrected chi connectivity index (χ4v) is 3.19. The van der Waals surface area contributed by atoms with Crippen LogP contribution >= 0.6 is 11.3 Å². The van der Waals surface area contributed by atoms with Crippen LogP contribution in [-0.4, -0.2) is 24.7 Å². The Morgan fingerprint density at radius 2 is 1.95 bits per heavy atom. The van der Waals surface area contributed by atoms with E-state index in [-0.39, 0.29) is 4.87 Å². The van der Waals surface area contributed by atoms with Gasteiger partial charge in [-0.2, -0.15) is 0 Å².